The third-order valence-corrected chi connectivity index (χ3v) is 6.94. The smallest absolute Gasteiger partial charge is 0.241 e. The highest BCUT2D eigenvalue weighted by atomic mass is 16.2. The summed E-state index contributed by atoms with van der Waals surface area (Å²) < 4.78 is 0. The van der Waals surface area contributed by atoms with Crippen LogP contribution in [-0.2, 0) is 32.9 Å². The molecule has 6 heteroatoms. The van der Waals surface area contributed by atoms with Crippen LogP contribution in [0.5, 0.6) is 0 Å². The number of unbranched alkanes of at least 4 members (excludes halogenated alkanes) is 1. The zero-order valence-corrected chi connectivity index (χ0v) is 21.0. The lowest BCUT2D eigenvalue weighted by Gasteiger charge is -2.32. The lowest BCUT2D eigenvalue weighted by molar-refractivity contribution is -0.143. The van der Waals surface area contributed by atoms with Gasteiger partial charge in [0, 0.05) is 38.3 Å². The molecule has 0 bridgehead atoms. The molecule has 0 N–H and O–H groups in total. The second-order valence-electron chi connectivity index (χ2n) is 9.55. The highest BCUT2D eigenvalue weighted by molar-refractivity contribution is 6.10. The summed E-state index contributed by atoms with van der Waals surface area (Å²) >= 11 is 0. The predicted molar refractivity (Wildman–Crippen MR) is 139 cm³/mol. The number of aromatic nitrogens is 1. The molecule has 0 saturated carbocycles. The van der Waals surface area contributed by atoms with Gasteiger partial charge in [-0.25, -0.2) is 0 Å². The fraction of sp³-hybridized carbons (Fsp3) is 0.333. The van der Waals surface area contributed by atoms with E-state index in [1.807, 2.05) is 72.5 Å². The molecule has 1 fully saturated rings. The van der Waals surface area contributed by atoms with E-state index in [1.54, 1.807) is 18.5 Å². The Morgan fingerprint density at radius 1 is 1.00 bits per heavy atom. The number of pyridine rings is 1. The Balaban J connectivity index is 1.68. The van der Waals surface area contributed by atoms with Crippen LogP contribution in [0.1, 0.15) is 54.9 Å². The molecule has 6 nitrogen and oxygen atoms in total. The van der Waals surface area contributed by atoms with Crippen molar-refractivity contribution in [2.24, 2.45) is 0 Å². The highest BCUT2D eigenvalue weighted by Gasteiger charge is 2.54. The number of carbonyl (C=O) groups is 3. The van der Waals surface area contributed by atoms with E-state index in [9.17, 15) is 14.4 Å². The monoisotopic (exact) mass is 483 g/mol. The van der Waals surface area contributed by atoms with Gasteiger partial charge in [-0.3, -0.25) is 24.3 Å². The van der Waals surface area contributed by atoms with Gasteiger partial charge < -0.3 is 4.90 Å². The van der Waals surface area contributed by atoms with E-state index in [1.165, 1.54) is 4.90 Å². The Hall–Kier alpha value is -3.80. The minimum atomic E-state index is -1.22. The molecule has 0 unspecified atom stereocenters. The summed E-state index contributed by atoms with van der Waals surface area (Å²) in [5, 5.41) is 0. The number of nitrogens with zero attached hydrogens (tertiary/aromatic N) is 3. The van der Waals surface area contributed by atoms with Crippen LogP contribution in [0, 0.1) is 6.92 Å². The lowest BCUT2D eigenvalue weighted by atomic mass is 9.74. The van der Waals surface area contributed by atoms with Gasteiger partial charge in [-0.2, -0.15) is 0 Å². The maximum Gasteiger partial charge on any atom is 0.241 e. The SMILES string of the molecule is CCCCN(Cc1ccccc1)C(=O)C[C@@]1(c2ccccc2C)CC(=O)N(Cc2cccnc2)C1=O. The largest absolute Gasteiger partial charge is 0.338 e. The fourth-order valence-electron chi connectivity index (χ4n) is 5.00. The Bertz CT molecular complexity index is 1210. The summed E-state index contributed by atoms with van der Waals surface area (Å²) in [6.07, 6.45) is 5.09. The van der Waals surface area contributed by atoms with Crippen LogP contribution in [0.4, 0.5) is 0 Å². The van der Waals surface area contributed by atoms with E-state index in [-0.39, 0.29) is 37.1 Å². The van der Waals surface area contributed by atoms with Crippen LogP contribution in [0.3, 0.4) is 0 Å². The van der Waals surface area contributed by atoms with Gasteiger partial charge in [0.2, 0.25) is 17.7 Å². The molecule has 2 heterocycles. The molecule has 1 atom stereocenters. The number of aryl methyl sites for hydroxylation is 1. The van der Waals surface area contributed by atoms with E-state index in [4.69, 9.17) is 0 Å². The van der Waals surface area contributed by atoms with Crippen LogP contribution in [0.2, 0.25) is 0 Å². The summed E-state index contributed by atoms with van der Waals surface area (Å²) in [5.74, 6) is -0.683. The second-order valence-corrected chi connectivity index (χ2v) is 9.55. The molecule has 2 aromatic carbocycles. The van der Waals surface area contributed by atoms with Crippen molar-refractivity contribution in [2.45, 2.75) is 58.0 Å². The lowest BCUT2D eigenvalue weighted by Crippen LogP contribution is -2.43. The summed E-state index contributed by atoms with van der Waals surface area (Å²) in [5.41, 5.74) is 2.25. The van der Waals surface area contributed by atoms with Crippen molar-refractivity contribution in [1.82, 2.24) is 14.8 Å². The zero-order chi connectivity index (χ0) is 25.5. The van der Waals surface area contributed by atoms with E-state index in [0.29, 0.717) is 13.1 Å². The quantitative estimate of drug-likeness (QED) is 0.388. The van der Waals surface area contributed by atoms with E-state index in [2.05, 4.69) is 11.9 Å². The minimum Gasteiger partial charge on any atom is -0.338 e. The van der Waals surface area contributed by atoms with E-state index < -0.39 is 5.41 Å². The Kier molecular flexibility index (Phi) is 7.93. The number of likely N-dealkylation sites (tertiary alicyclic amines) is 1. The number of hydrogen-bond donors (Lipinski definition) is 0. The first-order valence-electron chi connectivity index (χ1n) is 12.6. The van der Waals surface area contributed by atoms with E-state index in [0.717, 1.165) is 35.1 Å². The average Bonchev–Trinajstić information content (AvgIpc) is 3.12. The van der Waals surface area contributed by atoms with Gasteiger partial charge in [-0.05, 0) is 41.7 Å². The van der Waals surface area contributed by atoms with Gasteiger partial charge >= 0.3 is 0 Å². The molecule has 36 heavy (non-hydrogen) atoms. The number of imide groups is 1. The van der Waals surface area contributed by atoms with Gasteiger partial charge in [0.15, 0.2) is 0 Å². The van der Waals surface area contributed by atoms with Crippen molar-refractivity contribution in [3.05, 3.63) is 101 Å². The Morgan fingerprint density at radius 2 is 1.72 bits per heavy atom. The van der Waals surface area contributed by atoms with E-state index >= 15 is 0 Å². The summed E-state index contributed by atoms with van der Waals surface area (Å²) in [6.45, 7) is 5.26. The maximum absolute atomic E-state index is 14.0. The number of amides is 3. The maximum atomic E-state index is 14.0. The van der Waals surface area contributed by atoms with Crippen molar-refractivity contribution < 1.29 is 14.4 Å². The van der Waals surface area contributed by atoms with Crippen LogP contribution >= 0.6 is 0 Å². The molecule has 0 spiro atoms. The van der Waals surface area contributed by atoms with Crippen LogP contribution in [0.25, 0.3) is 0 Å². The molecule has 1 aliphatic rings. The number of benzene rings is 2. The second kappa shape index (κ2) is 11.3. The third-order valence-electron chi connectivity index (χ3n) is 6.94. The van der Waals surface area contributed by atoms with Gasteiger partial charge in [-0.15, -0.1) is 0 Å². The number of hydrogen-bond acceptors (Lipinski definition) is 4. The van der Waals surface area contributed by atoms with Crippen LogP contribution in [0.15, 0.2) is 79.1 Å². The summed E-state index contributed by atoms with van der Waals surface area (Å²) in [6, 6.07) is 21.1. The molecular weight excluding hydrogens is 450 g/mol. The summed E-state index contributed by atoms with van der Waals surface area (Å²) in [7, 11) is 0. The van der Waals surface area contributed by atoms with Crippen molar-refractivity contribution in [2.75, 3.05) is 6.54 Å². The first kappa shape index (κ1) is 25.3. The normalized spacial score (nSPS) is 17.4. The molecular formula is C30H33N3O3. The van der Waals surface area contributed by atoms with Gasteiger partial charge in [0.25, 0.3) is 0 Å². The molecule has 4 rings (SSSR count). The number of carbonyl (C=O) groups excluding carboxylic acids is 3. The molecule has 1 saturated heterocycles. The minimum absolute atomic E-state index is 0.0182. The molecule has 1 aromatic heterocycles. The topological polar surface area (TPSA) is 70.6 Å². The molecule has 3 amide bonds. The fourth-order valence-corrected chi connectivity index (χ4v) is 5.00. The number of rotatable bonds is 10. The van der Waals surface area contributed by atoms with Crippen molar-refractivity contribution in [1.29, 1.82) is 0 Å². The zero-order valence-electron chi connectivity index (χ0n) is 21.0. The molecule has 1 aliphatic heterocycles. The average molecular weight is 484 g/mol. The van der Waals surface area contributed by atoms with Crippen LogP contribution < -0.4 is 0 Å². The molecule has 186 valence electrons. The standard InChI is InChI=1S/C30H33N3O3/c1-3-4-17-32(21-24-12-6-5-7-13-24)27(34)18-30(26-15-9-8-11-23(26)2)19-28(35)33(29(30)36)22-25-14-10-16-31-20-25/h5-16,20H,3-4,17-19,21-22H2,1-2H3/t30-/m0/s1. The highest BCUT2D eigenvalue weighted by Crippen LogP contribution is 2.42. The first-order chi connectivity index (χ1) is 17.4. The van der Waals surface area contributed by atoms with Crippen molar-refractivity contribution in [3.63, 3.8) is 0 Å². The molecule has 3 aromatic rings. The molecule has 0 radical (unpaired) electrons. The van der Waals surface area contributed by atoms with Gasteiger partial charge in [0.05, 0.1) is 12.0 Å². The predicted octanol–water partition coefficient (Wildman–Crippen LogP) is 4.81. The Labute approximate surface area is 213 Å². The third kappa shape index (κ3) is 5.38. The molecule has 0 aliphatic carbocycles. The van der Waals surface area contributed by atoms with Crippen molar-refractivity contribution in [3.8, 4) is 0 Å². The van der Waals surface area contributed by atoms with Gasteiger partial charge in [0.1, 0.15) is 0 Å². The van der Waals surface area contributed by atoms with Crippen molar-refractivity contribution >= 4 is 17.7 Å². The van der Waals surface area contributed by atoms with Crippen LogP contribution in [-0.4, -0.2) is 39.1 Å². The first-order valence-corrected chi connectivity index (χ1v) is 12.6. The van der Waals surface area contributed by atoms with Gasteiger partial charge in [-0.1, -0.05) is 74.0 Å². The summed E-state index contributed by atoms with van der Waals surface area (Å²) in [4.78, 5) is 48.4. The Morgan fingerprint density at radius 3 is 2.42 bits per heavy atom.